The summed E-state index contributed by atoms with van der Waals surface area (Å²) >= 11 is 0. The van der Waals surface area contributed by atoms with Gasteiger partial charge in [0.05, 0.1) is 0 Å². The maximum Gasteiger partial charge on any atom is 0.245 e. The Balaban J connectivity index is 2.10. The highest BCUT2D eigenvalue weighted by molar-refractivity contribution is 5.95. The number of hydrogen-bond acceptors (Lipinski definition) is 3. The molecule has 2 aromatic rings. The Kier molecular flexibility index (Phi) is 3.77. The van der Waals surface area contributed by atoms with Gasteiger partial charge >= 0.3 is 0 Å². The van der Waals surface area contributed by atoms with Crippen LogP contribution in [0.15, 0.2) is 48.5 Å². The lowest BCUT2D eigenvalue weighted by atomic mass is 10.1. The van der Waals surface area contributed by atoms with E-state index in [1.807, 2.05) is 6.07 Å². The zero-order valence-corrected chi connectivity index (χ0v) is 10.0. The number of amides is 1. The number of benzene rings is 2. The molecule has 0 saturated carbocycles. The third-order valence-corrected chi connectivity index (χ3v) is 2.66. The molecule has 0 spiro atoms. The first-order chi connectivity index (χ1) is 9.08. The second-order valence-corrected chi connectivity index (χ2v) is 4.04. The topological polar surface area (TPSA) is 75.4 Å². The van der Waals surface area contributed by atoms with E-state index in [2.05, 4.69) is 5.32 Å². The Labute approximate surface area is 109 Å². The molecule has 5 heteroatoms. The highest BCUT2D eigenvalue weighted by Gasteiger charge is 2.15. The number of phenols is 1. The van der Waals surface area contributed by atoms with Crippen molar-refractivity contribution in [2.24, 2.45) is 5.73 Å². The molecule has 2 rings (SSSR count). The molecule has 19 heavy (non-hydrogen) atoms. The van der Waals surface area contributed by atoms with E-state index < -0.39 is 23.5 Å². The molecule has 0 aromatic heterocycles. The lowest BCUT2D eigenvalue weighted by Crippen LogP contribution is -2.27. The van der Waals surface area contributed by atoms with E-state index in [1.165, 1.54) is 12.1 Å². The molecule has 4 N–H and O–H groups in total. The van der Waals surface area contributed by atoms with Crippen LogP contribution < -0.4 is 11.1 Å². The van der Waals surface area contributed by atoms with Crippen LogP contribution in [0.3, 0.4) is 0 Å². The van der Waals surface area contributed by atoms with Gasteiger partial charge in [-0.2, -0.15) is 0 Å². The van der Waals surface area contributed by atoms with Crippen LogP contribution in [0.5, 0.6) is 5.75 Å². The zero-order chi connectivity index (χ0) is 13.8. The van der Waals surface area contributed by atoms with Crippen LogP contribution in [0.25, 0.3) is 0 Å². The fourth-order valence-corrected chi connectivity index (χ4v) is 1.62. The largest absolute Gasteiger partial charge is 0.505 e. The van der Waals surface area contributed by atoms with Gasteiger partial charge in [0, 0.05) is 11.8 Å². The van der Waals surface area contributed by atoms with E-state index in [0.717, 1.165) is 6.07 Å². The number of nitrogens with one attached hydrogen (secondary N) is 1. The molecule has 0 aliphatic heterocycles. The van der Waals surface area contributed by atoms with Gasteiger partial charge in [0.2, 0.25) is 5.91 Å². The average Bonchev–Trinajstić information content (AvgIpc) is 2.43. The number of rotatable bonds is 3. The van der Waals surface area contributed by atoms with Crippen molar-refractivity contribution in [1.82, 2.24) is 0 Å². The summed E-state index contributed by atoms with van der Waals surface area (Å²) in [7, 11) is 0. The predicted octanol–water partition coefficient (Wildman–Crippen LogP) is 2.17. The summed E-state index contributed by atoms with van der Waals surface area (Å²) in [5, 5.41) is 11.5. The molecule has 0 bridgehead atoms. The monoisotopic (exact) mass is 260 g/mol. The molecular formula is C14H13FN2O2. The van der Waals surface area contributed by atoms with Gasteiger partial charge in [0.1, 0.15) is 6.04 Å². The summed E-state index contributed by atoms with van der Waals surface area (Å²) in [6, 6.07) is 11.6. The quantitative estimate of drug-likeness (QED) is 0.740. The predicted molar refractivity (Wildman–Crippen MR) is 70.1 cm³/mol. The third-order valence-electron chi connectivity index (χ3n) is 2.66. The Bertz CT molecular complexity index is 587. The number of carbonyl (C=O) groups excluding carboxylic acids is 1. The molecule has 0 aliphatic carbocycles. The maximum atomic E-state index is 13.1. The molecule has 0 aliphatic rings. The van der Waals surface area contributed by atoms with E-state index in [1.54, 1.807) is 24.3 Å². The smallest absolute Gasteiger partial charge is 0.245 e. The van der Waals surface area contributed by atoms with Gasteiger partial charge in [0.25, 0.3) is 0 Å². The standard InChI is InChI=1S/C14H13FN2O2/c15-11-8-10(6-7-12(11)18)17-14(19)13(16)9-4-2-1-3-5-9/h1-8,13,18H,16H2,(H,17,19)/t13-/m0/s1. The summed E-state index contributed by atoms with van der Waals surface area (Å²) in [6.45, 7) is 0. The van der Waals surface area contributed by atoms with Crippen LogP contribution in [0, 0.1) is 5.82 Å². The molecule has 2 aromatic carbocycles. The van der Waals surface area contributed by atoms with Crippen molar-refractivity contribution in [1.29, 1.82) is 0 Å². The van der Waals surface area contributed by atoms with Crippen LogP contribution in [0.1, 0.15) is 11.6 Å². The molecule has 0 radical (unpaired) electrons. The Hall–Kier alpha value is -2.40. The summed E-state index contributed by atoms with van der Waals surface area (Å²) in [5.41, 5.74) is 6.71. The maximum absolute atomic E-state index is 13.1. The van der Waals surface area contributed by atoms with Gasteiger partial charge in [-0.25, -0.2) is 4.39 Å². The van der Waals surface area contributed by atoms with Gasteiger partial charge in [-0.05, 0) is 17.7 Å². The Morgan fingerprint density at radius 1 is 1.21 bits per heavy atom. The molecule has 0 saturated heterocycles. The first-order valence-electron chi connectivity index (χ1n) is 5.68. The van der Waals surface area contributed by atoms with E-state index in [0.29, 0.717) is 5.56 Å². The lowest BCUT2D eigenvalue weighted by Gasteiger charge is -2.12. The number of halogens is 1. The second-order valence-electron chi connectivity index (χ2n) is 4.04. The van der Waals surface area contributed by atoms with Crippen molar-refractivity contribution in [3.05, 3.63) is 59.9 Å². The second kappa shape index (κ2) is 5.49. The van der Waals surface area contributed by atoms with Gasteiger partial charge < -0.3 is 16.2 Å². The summed E-state index contributed by atoms with van der Waals surface area (Å²) in [5.74, 6) is -1.72. The highest BCUT2D eigenvalue weighted by Crippen LogP contribution is 2.20. The first-order valence-corrected chi connectivity index (χ1v) is 5.68. The van der Waals surface area contributed by atoms with Crippen molar-refractivity contribution >= 4 is 11.6 Å². The average molecular weight is 260 g/mol. The number of anilines is 1. The molecule has 0 fully saturated rings. The van der Waals surface area contributed by atoms with Crippen molar-refractivity contribution in [3.8, 4) is 5.75 Å². The van der Waals surface area contributed by atoms with Crippen LogP contribution in [-0.2, 0) is 4.79 Å². The molecule has 1 amide bonds. The van der Waals surface area contributed by atoms with Gasteiger partial charge in [-0.1, -0.05) is 30.3 Å². The number of carbonyl (C=O) groups is 1. The highest BCUT2D eigenvalue weighted by atomic mass is 19.1. The van der Waals surface area contributed by atoms with E-state index in [-0.39, 0.29) is 5.69 Å². The Morgan fingerprint density at radius 3 is 2.53 bits per heavy atom. The van der Waals surface area contributed by atoms with E-state index in [9.17, 15) is 9.18 Å². The first kappa shape index (κ1) is 13.0. The van der Waals surface area contributed by atoms with Crippen molar-refractivity contribution in [2.75, 3.05) is 5.32 Å². The van der Waals surface area contributed by atoms with Crippen LogP contribution in [0.4, 0.5) is 10.1 Å². The molecular weight excluding hydrogens is 247 g/mol. The SMILES string of the molecule is N[C@H](C(=O)Nc1ccc(O)c(F)c1)c1ccccc1. The number of hydrogen-bond donors (Lipinski definition) is 3. The molecule has 0 unspecified atom stereocenters. The zero-order valence-electron chi connectivity index (χ0n) is 10.0. The molecule has 1 atom stereocenters. The third kappa shape index (κ3) is 3.08. The Morgan fingerprint density at radius 2 is 1.89 bits per heavy atom. The van der Waals surface area contributed by atoms with E-state index in [4.69, 9.17) is 10.8 Å². The van der Waals surface area contributed by atoms with Gasteiger partial charge in [0.15, 0.2) is 11.6 Å². The van der Waals surface area contributed by atoms with Crippen molar-refractivity contribution < 1.29 is 14.3 Å². The molecule has 0 heterocycles. The minimum absolute atomic E-state index is 0.242. The fourth-order valence-electron chi connectivity index (χ4n) is 1.62. The fraction of sp³-hybridized carbons (Fsp3) is 0.0714. The van der Waals surface area contributed by atoms with Crippen LogP contribution in [-0.4, -0.2) is 11.0 Å². The van der Waals surface area contributed by atoms with Crippen LogP contribution in [0.2, 0.25) is 0 Å². The van der Waals surface area contributed by atoms with Crippen LogP contribution >= 0.6 is 0 Å². The molecule has 98 valence electrons. The normalized spacial score (nSPS) is 11.9. The lowest BCUT2D eigenvalue weighted by molar-refractivity contribution is -0.117. The van der Waals surface area contributed by atoms with E-state index >= 15 is 0 Å². The number of nitrogens with two attached hydrogens (primary N) is 1. The summed E-state index contributed by atoms with van der Waals surface area (Å²) < 4.78 is 13.1. The molecule has 4 nitrogen and oxygen atoms in total. The summed E-state index contributed by atoms with van der Waals surface area (Å²) in [6.07, 6.45) is 0. The number of phenolic OH excluding ortho intramolecular Hbond substituents is 1. The van der Waals surface area contributed by atoms with Gasteiger partial charge in [-0.15, -0.1) is 0 Å². The van der Waals surface area contributed by atoms with Gasteiger partial charge in [-0.3, -0.25) is 4.79 Å². The van der Waals surface area contributed by atoms with Crippen molar-refractivity contribution in [2.45, 2.75) is 6.04 Å². The number of aromatic hydroxyl groups is 1. The van der Waals surface area contributed by atoms with Crippen molar-refractivity contribution in [3.63, 3.8) is 0 Å². The minimum Gasteiger partial charge on any atom is -0.505 e. The minimum atomic E-state index is -0.835. The summed E-state index contributed by atoms with van der Waals surface area (Å²) in [4.78, 5) is 11.9.